The first-order chi connectivity index (χ1) is 10.2. The van der Waals surface area contributed by atoms with Crippen LogP contribution in [-0.4, -0.2) is 29.0 Å². The second-order valence-electron chi connectivity index (χ2n) is 5.86. The topological polar surface area (TPSA) is 54.5 Å². The van der Waals surface area contributed by atoms with E-state index < -0.39 is 0 Å². The fraction of sp³-hybridized carbons (Fsp3) is 0.471. The van der Waals surface area contributed by atoms with E-state index in [1.807, 2.05) is 0 Å². The maximum absolute atomic E-state index is 12.2. The van der Waals surface area contributed by atoms with Crippen LogP contribution in [0.15, 0.2) is 24.3 Å². The van der Waals surface area contributed by atoms with Crippen LogP contribution in [0.3, 0.4) is 0 Å². The van der Waals surface area contributed by atoms with Crippen molar-refractivity contribution < 1.29 is 14.4 Å². The molecule has 1 aliphatic carbocycles. The molecule has 0 saturated heterocycles. The molecule has 1 saturated carbocycles. The molecule has 2 amide bonds. The second-order valence-corrected chi connectivity index (χ2v) is 5.86. The molecular weight excluding hydrogens is 266 g/mol. The van der Waals surface area contributed by atoms with Crippen LogP contribution < -0.4 is 0 Å². The van der Waals surface area contributed by atoms with Gasteiger partial charge in [-0.05, 0) is 37.8 Å². The van der Waals surface area contributed by atoms with Gasteiger partial charge < -0.3 is 0 Å². The lowest BCUT2D eigenvalue weighted by Crippen LogP contribution is -2.31. The first-order valence-electron chi connectivity index (χ1n) is 7.66. The van der Waals surface area contributed by atoms with E-state index in [2.05, 4.69) is 0 Å². The smallest absolute Gasteiger partial charge is 0.261 e. The lowest BCUT2D eigenvalue weighted by Gasteiger charge is -2.21. The van der Waals surface area contributed by atoms with Gasteiger partial charge in [0.1, 0.15) is 5.78 Å². The van der Waals surface area contributed by atoms with Crippen LogP contribution in [0.5, 0.6) is 0 Å². The van der Waals surface area contributed by atoms with Gasteiger partial charge in [0.05, 0.1) is 11.1 Å². The Morgan fingerprint density at radius 3 is 2.29 bits per heavy atom. The molecule has 2 aliphatic rings. The maximum atomic E-state index is 12.2. The lowest BCUT2D eigenvalue weighted by atomic mass is 9.85. The summed E-state index contributed by atoms with van der Waals surface area (Å²) < 4.78 is 0. The van der Waals surface area contributed by atoms with Gasteiger partial charge in [0.25, 0.3) is 11.8 Å². The van der Waals surface area contributed by atoms with Crippen LogP contribution in [0.25, 0.3) is 0 Å². The van der Waals surface area contributed by atoms with Gasteiger partial charge in [-0.25, -0.2) is 0 Å². The highest BCUT2D eigenvalue weighted by atomic mass is 16.2. The zero-order valence-corrected chi connectivity index (χ0v) is 12.0. The molecule has 0 N–H and O–H groups in total. The summed E-state index contributed by atoms with van der Waals surface area (Å²) in [6, 6.07) is 6.93. The average Bonchev–Trinajstić information content (AvgIpc) is 2.74. The Morgan fingerprint density at radius 1 is 1.00 bits per heavy atom. The van der Waals surface area contributed by atoms with E-state index in [-0.39, 0.29) is 17.7 Å². The molecule has 110 valence electrons. The van der Waals surface area contributed by atoms with Crippen LogP contribution in [-0.2, 0) is 4.79 Å². The van der Waals surface area contributed by atoms with Crippen molar-refractivity contribution in [2.24, 2.45) is 5.92 Å². The molecule has 1 fully saturated rings. The van der Waals surface area contributed by atoms with E-state index in [9.17, 15) is 14.4 Å². The first-order valence-corrected chi connectivity index (χ1v) is 7.66. The largest absolute Gasteiger partial charge is 0.299 e. The summed E-state index contributed by atoms with van der Waals surface area (Å²) in [5.74, 6) is 0.0775. The Balaban J connectivity index is 1.58. The summed E-state index contributed by atoms with van der Waals surface area (Å²) >= 11 is 0. The molecule has 3 rings (SSSR count). The highest BCUT2D eigenvalue weighted by Gasteiger charge is 2.34. The van der Waals surface area contributed by atoms with E-state index in [1.54, 1.807) is 24.3 Å². The fourth-order valence-electron chi connectivity index (χ4n) is 3.30. The van der Waals surface area contributed by atoms with Crippen molar-refractivity contribution in [3.8, 4) is 0 Å². The molecule has 1 atom stereocenters. The molecule has 1 heterocycles. The van der Waals surface area contributed by atoms with Crippen molar-refractivity contribution in [3.63, 3.8) is 0 Å². The monoisotopic (exact) mass is 285 g/mol. The summed E-state index contributed by atoms with van der Waals surface area (Å²) in [5, 5.41) is 0. The van der Waals surface area contributed by atoms with Crippen molar-refractivity contribution in [1.29, 1.82) is 0 Å². The second kappa shape index (κ2) is 5.80. The van der Waals surface area contributed by atoms with Gasteiger partial charge in [-0.15, -0.1) is 0 Å². The van der Waals surface area contributed by atoms with E-state index >= 15 is 0 Å². The number of rotatable bonds is 4. The van der Waals surface area contributed by atoms with E-state index in [4.69, 9.17) is 0 Å². The minimum absolute atomic E-state index is 0.133. The number of Topliss-reactive ketones (excluding diaryl/α,β-unsaturated/α-hetero) is 1. The van der Waals surface area contributed by atoms with E-state index in [0.29, 0.717) is 36.3 Å². The highest BCUT2D eigenvalue weighted by molar-refractivity contribution is 6.21. The number of fused-ring (bicyclic) bond motifs is 1. The van der Waals surface area contributed by atoms with Crippen LogP contribution in [0.2, 0.25) is 0 Å². The van der Waals surface area contributed by atoms with Gasteiger partial charge in [0, 0.05) is 18.9 Å². The van der Waals surface area contributed by atoms with E-state index in [0.717, 1.165) is 25.7 Å². The molecule has 4 nitrogen and oxygen atoms in total. The molecule has 4 heteroatoms. The number of hydrogen-bond donors (Lipinski definition) is 0. The minimum Gasteiger partial charge on any atom is -0.299 e. The van der Waals surface area contributed by atoms with E-state index in [1.165, 1.54) is 4.90 Å². The summed E-state index contributed by atoms with van der Waals surface area (Å²) in [5.41, 5.74) is 0.993. The lowest BCUT2D eigenvalue weighted by molar-refractivity contribution is -0.124. The molecule has 0 aromatic heterocycles. The fourth-order valence-corrected chi connectivity index (χ4v) is 3.30. The number of carbonyl (C=O) groups is 3. The summed E-state index contributed by atoms with van der Waals surface area (Å²) in [6.45, 7) is 0.413. The molecule has 1 aromatic carbocycles. The Morgan fingerprint density at radius 2 is 1.67 bits per heavy atom. The van der Waals surface area contributed by atoms with Gasteiger partial charge in [-0.2, -0.15) is 0 Å². The predicted octanol–water partition coefficient (Wildman–Crippen LogP) is 2.82. The number of ketones is 1. The quantitative estimate of drug-likeness (QED) is 0.799. The Bertz CT molecular complexity index is 558. The third kappa shape index (κ3) is 2.62. The van der Waals surface area contributed by atoms with Crippen molar-refractivity contribution >= 4 is 17.6 Å². The van der Waals surface area contributed by atoms with Crippen molar-refractivity contribution in [2.75, 3.05) is 6.54 Å². The molecule has 21 heavy (non-hydrogen) atoms. The van der Waals surface area contributed by atoms with Crippen LogP contribution in [0, 0.1) is 5.92 Å². The molecule has 1 aliphatic heterocycles. The SMILES string of the molecule is O=C1CCCCC1CCCN1C(=O)c2ccccc2C1=O. The number of benzene rings is 1. The molecular formula is C17H19NO3. The zero-order chi connectivity index (χ0) is 14.8. The van der Waals surface area contributed by atoms with Crippen LogP contribution in [0.1, 0.15) is 59.2 Å². The van der Waals surface area contributed by atoms with Gasteiger partial charge >= 0.3 is 0 Å². The molecule has 0 bridgehead atoms. The first kappa shape index (κ1) is 14.0. The Kier molecular flexibility index (Phi) is 3.86. The van der Waals surface area contributed by atoms with Crippen molar-refractivity contribution in [1.82, 2.24) is 4.90 Å². The Hall–Kier alpha value is -1.97. The van der Waals surface area contributed by atoms with Crippen molar-refractivity contribution in [2.45, 2.75) is 38.5 Å². The summed E-state index contributed by atoms with van der Waals surface area (Å²) in [6.07, 6.45) is 5.27. The molecule has 1 aromatic rings. The van der Waals surface area contributed by atoms with Crippen LogP contribution in [0.4, 0.5) is 0 Å². The Labute approximate surface area is 124 Å². The number of amides is 2. The van der Waals surface area contributed by atoms with Gasteiger partial charge in [-0.3, -0.25) is 19.3 Å². The predicted molar refractivity (Wildman–Crippen MR) is 78.0 cm³/mol. The normalized spacial score (nSPS) is 21.8. The highest BCUT2D eigenvalue weighted by Crippen LogP contribution is 2.26. The standard InChI is InChI=1S/C17H19NO3/c19-15-10-4-1-6-12(15)7-5-11-18-16(20)13-8-2-3-9-14(13)17(18)21/h2-3,8-9,12H,1,4-7,10-11H2. The van der Waals surface area contributed by atoms with Gasteiger partial charge in [0.15, 0.2) is 0 Å². The van der Waals surface area contributed by atoms with Gasteiger partial charge in [0.2, 0.25) is 0 Å². The van der Waals surface area contributed by atoms with Gasteiger partial charge in [-0.1, -0.05) is 18.6 Å². The average molecular weight is 285 g/mol. The summed E-state index contributed by atoms with van der Waals surface area (Å²) in [4.78, 5) is 37.5. The zero-order valence-electron chi connectivity index (χ0n) is 12.0. The number of imide groups is 1. The summed E-state index contributed by atoms with van der Waals surface area (Å²) in [7, 11) is 0. The third-order valence-electron chi connectivity index (χ3n) is 4.49. The van der Waals surface area contributed by atoms with Crippen molar-refractivity contribution in [3.05, 3.63) is 35.4 Å². The third-order valence-corrected chi connectivity index (χ3v) is 4.49. The molecule has 0 spiro atoms. The number of hydrogen-bond acceptors (Lipinski definition) is 3. The molecule has 0 radical (unpaired) electrons. The number of carbonyl (C=O) groups excluding carboxylic acids is 3. The maximum Gasteiger partial charge on any atom is 0.261 e. The molecule has 1 unspecified atom stereocenters. The minimum atomic E-state index is -0.203. The number of nitrogens with zero attached hydrogens (tertiary/aromatic N) is 1. The van der Waals surface area contributed by atoms with Crippen LogP contribution >= 0.6 is 0 Å².